The highest BCUT2D eigenvalue weighted by Crippen LogP contribution is 2.27. The number of carboxylic acids is 1. The molecule has 1 fully saturated rings. The molecule has 1 aromatic rings. The molecule has 0 unspecified atom stereocenters. The molecule has 19 heavy (non-hydrogen) atoms. The molecule has 0 aliphatic heterocycles. The highest BCUT2D eigenvalue weighted by molar-refractivity contribution is 5.80. The van der Waals surface area contributed by atoms with Gasteiger partial charge in [-0.15, -0.1) is 0 Å². The van der Waals surface area contributed by atoms with Crippen molar-refractivity contribution in [1.82, 2.24) is 0 Å². The lowest BCUT2D eigenvalue weighted by atomic mass is 9.92. The fourth-order valence-electron chi connectivity index (χ4n) is 2.14. The maximum Gasteiger partial charge on any atom is 0.328 e. The van der Waals surface area contributed by atoms with Crippen molar-refractivity contribution in [2.75, 3.05) is 0 Å². The second-order valence-corrected chi connectivity index (χ2v) is 4.53. The first-order valence-electron chi connectivity index (χ1n) is 6.08. The number of ether oxygens (including phenoxy) is 1. The number of carboxylic acid groups (broad SMARTS) is 1. The van der Waals surface area contributed by atoms with Crippen LogP contribution >= 0.6 is 0 Å². The second-order valence-electron chi connectivity index (χ2n) is 4.53. The van der Waals surface area contributed by atoms with Crippen LogP contribution < -0.4 is 4.74 Å². The van der Waals surface area contributed by atoms with Crippen molar-refractivity contribution in [2.45, 2.75) is 31.8 Å². The van der Waals surface area contributed by atoms with E-state index in [1.807, 2.05) is 0 Å². The maximum absolute atomic E-state index is 13.0. The minimum absolute atomic E-state index is 0.0872. The molecule has 0 spiro atoms. The van der Waals surface area contributed by atoms with Gasteiger partial charge < -0.3 is 9.84 Å². The first kappa shape index (κ1) is 13.5. The van der Waals surface area contributed by atoms with E-state index < -0.39 is 17.6 Å². The molecule has 0 saturated heterocycles. The summed E-state index contributed by atoms with van der Waals surface area (Å²) in [5.41, 5.74) is 0.887. The third-order valence-electron chi connectivity index (χ3n) is 3.10. The fourth-order valence-corrected chi connectivity index (χ4v) is 2.14. The Balaban J connectivity index is 1.92. The lowest BCUT2D eigenvalue weighted by molar-refractivity contribution is -0.131. The summed E-state index contributed by atoms with van der Waals surface area (Å²) in [6.45, 7) is 0. The molecule has 0 heterocycles. The van der Waals surface area contributed by atoms with E-state index in [0.717, 1.165) is 17.7 Å². The molecule has 0 amide bonds. The van der Waals surface area contributed by atoms with Gasteiger partial charge in [0.1, 0.15) is 5.75 Å². The van der Waals surface area contributed by atoms with E-state index in [-0.39, 0.29) is 6.10 Å². The Kier molecular flexibility index (Phi) is 4.14. The normalized spacial score (nSPS) is 19.1. The van der Waals surface area contributed by atoms with Gasteiger partial charge in [-0.25, -0.2) is 13.6 Å². The predicted octanol–water partition coefficient (Wildman–Crippen LogP) is 3.30. The predicted molar refractivity (Wildman–Crippen MR) is 65.0 cm³/mol. The summed E-state index contributed by atoms with van der Waals surface area (Å²) in [6.07, 6.45) is 3.81. The molecule has 102 valence electrons. The SMILES string of the molecule is O=C(O)C=C1CCC(Oc2ccc(F)c(F)c2)CC1. The van der Waals surface area contributed by atoms with E-state index in [1.54, 1.807) is 0 Å². The van der Waals surface area contributed by atoms with Gasteiger partial charge in [0.2, 0.25) is 0 Å². The van der Waals surface area contributed by atoms with Gasteiger partial charge in [0, 0.05) is 12.1 Å². The number of rotatable bonds is 3. The van der Waals surface area contributed by atoms with Crippen molar-refractivity contribution in [3.63, 3.8) is 0 Å². The molecule has 1 aliphatic rings. The fraction of sp³-hybridized carbons (Fsp3) is 0.357. The molecule has 1 aromatic carbocycles. The van der Waals surface area contributed by atoms with Gasteiger partial charge in [0.25, 0.3) is 0 Å². The van der Waals surface area contributed by atoms with Gasteiger partial charge in [0.05, 0.1) is 6.10 Å². The molecule has 1 N–H and O–H groups in total. The molecule has 0 atom stereocenters. The molecule has 5 heteroatoms. The number of hydrogen-bond donors (Lipinski definition) is 1. The lowest BCUT2D eigenvalue weighted by Gasteiger charge is -2.24. The average molecular weight is 268 g/mol. The molecular formula is C14H14F2O3. The summed E-state index contributed by atoms with van der Waals surface area (Å²) in [5, 5.41) is 8.64. The second kappa shape index (κ2) is 5.82. The van der Waals surface area contributed by atoms with E-state index in [4.69, 9.17) is 9.84 Å². The number of benzene rings is 1. The van der Waals surface area contributed by atoms with E-state index in [9.17, 15) is 13.6 Å². The highest BCUT2D eigenvalue weighted by atomic mass is 19.2. The molecule has 1 saturated carbocycles. The molecular weight excluding hydrogens is 254 g/mol. The van der Waals surface area contributed by atoms with Crippen LogP contribution in [0.15, 0.2) is 29.8 Å². The molecule has 0 bridgehead atoms. The zero-order chi connectivity index (χ0) is 13.8. The minimum atomic E-state index is -0.935. The quantitative estimate of drug-likeness (QED) is 0.855. The summed E-state index contributed by atoms with van der Waals surface area (Å²) in [6, 6.07) is 3.45. The monoisotopic (exact) mass is 268 g/mol. The Morgan fingerprint density at radius 2 is 1.95 bits per heavy atom. The zero-order valence-corrected chi connectivity index (χ0v) is 10.2. The van der Waals surface area contributed by atoms with Gasteiger partial charge in [0.15, 0.2) is 11.6 Å². The van der Waals surface area contributed by atoms with E-state index in [0.29, 0.717) is 31.4 Å². The van der Waals surface area contributed by atoms with Crippen LogP contribution in [0.3, 0.4) is 0 Å². The van der Waals surface area contributed by atoms with Crippen LogP contribution in [0.4, 0.5) is 8.78 Å². The van der Waals surface area contributed by atoms with Gasteiger partial charge in [-0.05, 0) is 37.8 Å². The van der Waals surface area contributed by atoms with Crippen molar-refractivity contribution < 1.29 is 23.4 Å². The maximum atomic E-state index is 13.0. The first-order chi connectivity index (χ1) is 9.04. The van der Waals surface area contributed by atoms with Crippen LogP contribution in [0.2, 0.25) is 0 Å². The van der Waals surface area contributed by atoms with Crippen molar-refractivity contribution in [3.05, 3.63) is 41.5 Å². The Labute approximate surface area is 109 Å². The van der Waals surface area contributed by atoms with Crippen molar-refractivity contribution in [2.24, 2.45) is 0 Å². The summed E-state index contributed by atoms with van der Waals surface area (Å²) >= 11 is 0. The number of carbonyl (C=O) groups is 1. The number of halogens is 2. The lowest BCUT2D eigenvalue weighted by Crippen LogP contribution is -2.21. The Morgan fingerprint density at radius 1 is 1.26 bits per heavy atom. The van der Waals surface area contributed by atoms with Crippen LogP contribution in [0.5, 0.6) is 5.75 Å². The number of hydrogen-bond acceptors (Lipinski definition) is 2. The molecule has 3 nitrogen and oxygen atoms in total. The van der Waals surface area contributed by atoms with Gasteiger partial charge in [-0.3, -0.25) is 0 Å². The summed E-state index contributed by atoms with van der Waals surface area (Å²) in [4.78, 5) is 10.5. The summed E-state index contributed by atoms with van der Waals surface area (Å²) in [5.74, 6) is -2.47. The third-order valence-corrected chi connectivity index (χ3v) is 3.10. The Hall–Kier alpha value is -1.91. The Bertz CT molecular complexity index is 501. The molecule has 1 aliphatic carbocycles. The van der Waals surface area contributed by atoms with Crippen molar-refractivity contribution >= 4 is 5.97 Å². The van der Waals surface area contributed by atoms with Gasteiger partial charge in [-0.2, -0.15) is 0 Å². The average Bonchev–Trinajstić information content (AvgIpc) is 2.36. The van der Waals surface area contributed by atoms with Crippen LogP contribution in [-0.4, -0.2) is 17.2 Å². The smallest absolute Gasteiger partial charge is 0.328 e. The Morgan fingerprint density at radius 3 is 2.53 bits per heavy atom. The standard InChI is InChI=1S/C14H14F2O3/c15-12-6-5-11(8-13(12)16)19-10-3-1-9(2-4-10)7-14(17)18/h5-8,10H,1-4H2,(H,17,18). The van der Waals surface area contributed by atoms with Crippen molar-refractivity contribution in [3.8, 4) is 5.75 Å². The summed E-state index contributed by atoms with van der Waals surface area (Å²) in [7, 11) is 0. The molecule has 0 radical (unpaired) electrons. The van der Waals surface area contributed by atoms with E-state index in [1.165, 1.54) is 12.1 Å². The largest absolute Gasteiger partial charge is 0.490 e. The van der Waals surface area contributed by atoms with Crippen LogP contribution in [0.25, 0.3) is 0 Å². The molecule has 0 aromatic heterocycles. The van der Waals surface area contributed by atoms with Gasteiger partial charge in [-0.1, -0.05) is 5.57 Å². The molecule has 2 rings (SSSR count). The number of allylic oxidation sites excluding steroid dienone is 1. The van der Waals surface area contributed by atoms with E-state index in [2.05, 4.69) is 0 Å². The van der Waals surface area contributed by atoms with Crippen LogP contribution in [-0.2, 0) is 4.79 Å². The van der Waals surface area contributed by atoms with Crippen LogP contribution in [0, 0.1) is 11.6 Å². The first-order valence-corrected chi connectivity index (χ1v) is 6.08. The number of aliphatic carboxylic acids is 1. The van der Waals surface area contributed by atoms with Crippen LogP contribution in [0.1, 0.15) is 25.7 Å². The van der Waals surface area contributed by atoms with E-state index >= 15 is 0 Å². The third kappa shape index (κ3) is 3.77. The zero-order valence-electron chi connectivity index (χ0n) is 10.2. The minimum Gasteiger partial charge on any atom is -0.490 e. The highest BCUT2D eigenvalue weighted by Gasteiger charge is 2.19. The summed E-state index contributed by atoms with van der Waals surface area (Å²) < 4.78 is 31.3. The topological polar surface area (TPSA) is 46.5 Å². The van der Waals surface area contributed by atoms with Gasteiger partial charge >= 0.3 is 5.97 Å². The van der Waals surface area contributed by atoms with Crippen molar-refractivity contribution in [1.29, 1.82) is 0 Å².